The highest BCUT2D eigenvalue weighted by Gasteiger charge is 1.92. The Hall–Kier alpha value is -1.85. The molecule has 0 amide bonds. The Labute approximate surface area is 82.2 Å². The van der Waals surface area contributed by atoms with Crippen LogP contribution in [0.2, 0.25) is 0 Å². The molecule has 1 heterocycles. The maximum absolute atomic E-state index is 8.56. The average Bonchev–Trinajstić information content (AvgIpc) is 2.26. The summed E-state index contributed by atoms with van der Waals surface area (Å²) in [6.45, 7) is -0.103. The SMILES string of the molecule is OCC#Cc1ccc2cnccc2c1. The Morgan fingerprint density at radius 2 is 2.14 bits per heavy atom. The highest BCUT2D eigenvalue weighted by Crippen LogP contribution is 2.13. The second kappa shape index (κ2) is 3.91. The molecule has 2 aromatic rings. The predicted molar refractivity (Wildman–Crippen MR) is 55.7 cm³/mol. The second-order valence-corrected chi connectivity index (χ2v) is 2.90. The van der Waals surface area contributed by atoms with Crippen molar-refractivity contribution >= 4 is 10.8 Å². The normalized spacial score (nSPS) is 9.50. The molecule has 0 unspecified atom stereocenters. The third-order valence-corrected chi connectivity index (χ3v) is 1.95. The molecule has 0 saturated heterocycles. The van der Waals surface area contributed by atoms with Crippen molar-refractivity contribution in [1.29, 1.82) is 0 Å². The van der Waals surface area contributed by atoms with Crippen molar-refractivity contribution in [3.05, 3.63) is 42.2 Å². The summed E-state index contributed by atoms with van der Waals surface area (Å²) in [7, 11) is 0. The van der Waals surface area contributed by atoms with E-state index in [-0.39, 0.29) is 6.61 Å². The van der Waals surface area contributed by atoms with Crippen molar-refractivity contribution in [2.24, 2.45) is 0 Å². The predicted octanol–water partition coefficient (Wildman–Crippen LogP) is 1.58. The number of aliphatic hydroxyl groups is 1. The quantitative estimate of drug-likeness (QED) is 0.629. The number of hydrogen-bond donors (Lipinski definition) is 1. The van der Waals surface area contributed by atoms with Gasteiger partial charge in [-0.25, -0.2) is 0 Å². The summed E-state index contributed by atoms with van der Waals surface area (Å²) < 4.78 is 0. The minimum Gasteiger partial charge on any atom is -0.384 e. The van der Waals surface area contributed by atoms with E-state index in [0.717, 1.165) is 16.3 Å². The van der Waals surface area contributed by atoms with Gasteiger partial charge in [0.25, 0.3) is 0 Å². The van der Waals surface area contributed by atoms with Crippen molar-refractivity contribution < 1.29 is 5.11 Å². The fraction of sp³-hybridized carbons (Fsp3) is 0.0833. The molecule has 2 rings (SSSR count). The number of fused-ring (bicyclic) bond motifs is 1. The van der Waals surface area contributed by atoms with E-state index in [2.05, 4.69) is 16.8 Å². The number of benzene rings is 1. The Morgan fingerprint density at radius 3 is 3.00 bits per heavy atom. The van der Waals surface area contributed by atoms with Crippen LogP contribution in [-0.4, -0.2) is 16.7 Å². The van der Waals surface area contributed by atoms with Crippen LogP contribution in [-0.2, 0) is 0 Å². The highest BCUT2D eigenvalue weighted by molar-refractivity contribution is 5.82. The van der Waals surface area contributed by atoms with E-state index in [1.807, 2.05) is 30.5 Å². The summed E-state index contributed by atoms with van der Waals surface area (Å²) in [4.78, 5) is 4.03. The van der Waals surface area contributed by atoms with Crippen LogP contribution in [0.15, 0.2) is 36.7 Å². The van der Waals surface area contributed by atoms with E-state index >= 15 is 0 Å². The molecular formula is C12H9NO. The molecule has 0 fully saturated rings. The third-order valence-electron chi connectivity index (χ3n) is 1.95. The van der Waals surface area contributed by atoms with Crippen LogP contribution in [0.25, 0.3) is 10.8 Å². The zero-order valence-electron chi connectivity index (χ0n) is 7.57. The zero-order valence-corrected chi connectivity index (χ0v) is 7.57. The third kappa shape index (κ3) is 1.73. The molecule has 0 aliphatic heterocycles. The van der Waals surface area contributed by atoms with Gasteiger partial charge < -0.3 is 5.11 Å². The van der Waals surface area contributed by atoms with Gasteiger partial charge in [0.15, 0.2) is 0 Å². The second-order valence-electron chi connectivity index (χ2n) is 2.90. The molecule has 0 bridgehead atoms. The van der Waals surface area contributed by atoms with E-state index in [4.69, 9.17) is 5.11 Å². The topological polar surface area (TPSA) is 33.1 Å². The van der Waals surface area contributed by atoms with Gasteiger partial charge in [0.2, 0.25) is 0 Å². The molecule has 0 aliphatic carbocycles. The number of aliphatic hydroxyl groups excluding tert-OH is 1. The van der Waals surface area contributed by atoms with E-state index < -0.39 is 0 Å². The molecule has 1 aromatic carbocycles. The molecule has 1 aromatic heterocycles. The lowest BCUT2D eigenvalue weighted by atomic mass is 10.1. The first-order valence-electron chi connectivity index (χ1n) is 4.33. The molecule has 0 spiro atoms. The summed E-state index contributed by atoms with van der Waals surface area (Å²) in [6.07, 6.45) is 3.57. The molecule has 68 valence electrons. The number of pyridine rings is 1. The van der Waals surface area contributed by atoms with Crippen molar-refractivity contribution in [2.45, 2.75) is 0 Å². The largest absolute Gasteiger partial charge is 0.384 e. The molecule has 14 heavy (non-hydrogen) atoms. The molecule has 0 saturated carbocycles. The Bertz CT molecular complexity index is 508. The van der Waals surface area contributed by atoms with Crippen LogP contribution in [0.3, 0.4) is 0 Å². The van der Waals surface area contributed by atoms with Gasteiger partial charge >= 0.3 is 0 Å². The maximum atomic E-state index is 8.56. The standard InChI is InChI=1S/C12H9NO/c14-7-1-2-10-3-4-12-9-13-6-5-11(12)8-10/h3-6,8-9,14H,7H2. The minimum absolute atomic E-state index is 0.103. The monoisotopic (exact) mass is 183 g/mol. The summed E-state index contributed by atoms with van der Waals surface area (Å²) >= 11 is 0. The maximum Gasteiger partial charge on any atom is 0.104 e. The van der Waals surface area contributed by atoms with Gasteiger partial charge in [-0.15, -0.1) is 0 Å². The molecule has 0 aliphatic rings. The Balaban J connectivity index is 2.51. The van der Waals surface area contributed by atoms with E-state index in [9.17, 15) is 0 Å². The van der Waals surface area contributed by atoms with Crippen LogP contribution in [0.5, 0.6) is 0 Å². The summed E-state index contributed by atoms with van der Waals surface area (Å²) in [6, 6.07) is 7.83. The van der Waals surface area contributed by atoms with Gasteiger partial charge in [0.1, 0.15) is 6.61 Å². The molecule has 0 atom stereocenters. The van der Waals surface area contributed by atoms with Gasteiger partial charge in [-0.05, 0) is 23.6 Å². The van der Waals surface area contributed by atoms with Gasteiger partial charge in [0.05, 0.1) is 0 Å². The lowest BCUT2D eigenvalue weighted by Gasteiger charge is -1.96. The van der Waals surface area contributed by atoms with Gasteiger partial charge in [0, 0.05) is 23.3 Å². The average molecular weight is 183 g/mol. The summed E-state index contributed by atoms with van der Waals surface area (Å²) in [5.41, 5.74) is 0.915. The first kappa shape index (κ1) is 8.74. The molecule has 2 heteroatoms. The van der Waals surface area contributed by atoms with Crippen molar-refractivity contribution in [3.8, 4) is 11.8 Å². The van der Waals surface area contributed by atoms with Crippen LogP contribution >= 0.6 is 0 Å². The Kier molecular flexibility index (Phi) is 2.44. The van der Waals surface area contributed by atoms with Crippen LogP contribution in [0.4, 0.5) is 0 Å². The zero-order chi connectivity index (χ0) is 9.80. The first-order chi connectivity index (χ1) is 6.90. The number of rotatable bonds is 0. The van der Waals surface area contributed by atoms with Crippen LogP contribution in [0.1, 0.15) is 5.56 Å². The minimum atomic E-state index is -0.103. The van der Waals surface area contributed by atoms with E-state index in [0.29, 0.717) is 0 Å². The van der Waals surface area contributed by atoms with Gasteiger partial charge in [-0.3, -0.25) is 4.98 Å². The fourth-order valence-corrected chi connectivity index (χ4v) is 1.30. The van der Waals surface area contributed by atoms with Crippen molar-refractivity contribution in [1.82, 2.24) is 4.98 Å². The molecule has 1 N–H and O–H groups in total. The lowest BCUT2D eigenvalue weighted by molar-refractivity contribution is 0.350. The smallest absolute Gasteiger partial charge is 0.104 e. The fourth-order valence-electron chi connectivity index (χ4n) is 1.30. The number of nitrogens with zero attached hydrogens (tertiary/aromatic N) is 1. The van der Waals surface area contributed by atoms with Gasteiger partial charge in [-0.2, -0.15) is 0 Å². The Morgan fingerprint density at radius 1 is 1.21 bits per heavy atom. The van der Waals surface area contributed by atoms with E-state index in [1.54, 1.807) is 6.20 Å². The van der Waals surface area contributed by atoms with Crippen LogP contribution < -0.4 is 0 Å². The molecular weight excluding hydrogens is 174 g/mol. The van der Waals surface area contributed by atoms with Gasteiger partial charge in [-0.1, -0.05) is 17.9 Å². The summed E-state index contributed by atoms with van der Waals surface area (Å²) in [5, 5.41) is 10.8. The van der Waals surface area contributed by atoms with E-state index in [1.165, 1.54) is 0 Å². The highest BCUT2D eigenvalue weighted by atomic mass is 16.2. The first-order valence-corrected chi connectivity index (χ1v) is 4.33. The summed E-state index contributed by atoms with van der Waals surface area (Å²) in [5.74, 6) is 5.49. The van der Waals surface area contributed by atoms with Crippen LogP contribution in [0, 0.1) is 11.8 Å². The number of hydrogen-bond acceptors (Lipinski definition) is 2. The molecule has 0 radical (unpaired) electrons. The lowest BCUT2D eigenvalue weighted by Crippen LogP contribution is -1.79. The molecule has 2 nitrogen and oxygen atoms in total. The van der Waals surface area contributed by atoms with Crippen molar-refractivity contribution in [3.63, 3.8) is 0 Å². The van der Waals surface area contributed by atoms with Crippen molar-refractivity contribution in [2.75, 3.05) is 6.61 Å². The number of aromatic nitrogens is 1.